The first-order valence-electron chi connectivity index (χ1n) is 5.71. The lowest BCUT2D eigenvalue weighted by Crippen LogP contribution is -2.36. The van der Waals surface area contributed by atoms with Gasteiger partial charge in [-0.15, -0.1) is 0 Å². The van der Waals surface area contributed by atoms with Crippen LogP contribution >= 0.6 is 0 Å². The van der Waals surface area contributed by atoms with E-state index in [2.05, 4.69) is 5.32 Å². The molecule has 0 aromatic rings. The van der Waals surface area contributed by atoms with Gasteiger partial charge in [0, 0.05) is 19.5 Å². The van der Waals surface area contributed by atoms with Crippen molar-refractivity contribution >= 4 is 12.0 Å². The second-order valence-corrected chi connectivity index (χ2v) is 4.87. The molecular formula is C11H20N2O4. The van der Waals surface area contributed by atoms with Crippen LogP contribution in [-0.4, -0.2) is 48.9 Å². The van der Waals surface area contributed by atoms with Gasteiger partial charge in [0.15, 0.2) is 0 Å². The third-order valence-electron chi connectivity index (χ3n) is 2.11. The van der Waals surface area contributed by atoms with Crippen LogP contribution in [0.2, 0.25) is 0 Å². The Bertz CT molecular complexity index is 280. The molecule has 2 amide bonds. The molecule has 1 heterocycles. The van der Waals surface area contributed by atoms with Crippen molar-refractivity contribution in [3.8, 4) is 0 Å². The molecule has 1 N–H and O–H groups in total. The van der Waals surface area contributed by atoms with Gasteiger partial charge in [0.1, 0.15) is 12.3 Å². The van der Waals surface area contributed by atoms with Crippen LogP contribution in [0, 0.1) is 0 Å². The highest BCUT2D eigenvalue weighted by Gasteiger charge is 2.19. The van der Waals surface area contributed by atoms with Gasteiger partial charge in [0.2, 0.25) is 5.91 Å². The lowest BCUT2D eigenvalue weighted by molar-refractivity contribution is -0.131. The maximum absolute atomic E-state index is 11.6. The zero-order valence-electron chi connectivity index (χ0n) is 10.6. The van der Waals surface area contributed by atoms with Gasteiger partial charge >= 0.3 is 6.09 Å². The number of carbonyl (C=O) groups excluding carboxylic acids is 2. The zero-order valence-corrected chi connectivity index (χ0v) is 10.6. The maximum Gasteiger partial charge on any atom is 0.407 e. The minimum absolute atomic E-state index is 0.0152. The van der Waals surface area contributed by atoms with Crippen molar-refractivity contribution in [1.29, 1.82) is 0 Å². The first-order valence-corrected chi connectivity index (χ1v) is 5.71. The Hall–Kier alpha value is -1.30. The van der Waals surface area contributed by atoms with Crippen LogP contribution in [0.4, 0.5) is 4.79 Å². The summed E-state index contributed by atoms with van der Waals surface area (Å²) in [6.07, 6.45) is -0.231. The third kappa shape index (κ3) is 5.53. The van der Waals surface area contributed by atoms with Crippen molar-refractivity contribution in [2.45, 2.75) is 32.8 Å². The first-order chi connectivity index (χ1) is 7.88. The van der Waals surface area contributed by atoms with Gasteiger partial charge in [-0.1, -0.05) is 0 Å². The molecule has 0 aromatic heterocycles. The molecular weight excluding hydrogens is 224 g/mol. The molecule has 0 atom stereocenters. The molecule has 6 heteroatoms. The Labute approximate surface area is 101 Å². The number of hydrogen-bond donors (Lipinski definition) is 1. The number of rotatable bonds is 3. The first kappa shape index (κ1) is 13.8. The SMILES string of the molecule is CC(C)(C)OC(=O)NCCC(=O)N1CCOC1. The summed E-state index contributed by atoms with van der Waals surface area (Å²) in [6, 6.07) is 0. The summed E-state index contributed by atoms with van der Waals surface area (Å²) in [5.74, 6) is -0.0152. The van der Waals surface area contributed by atoms with Gasteiger partial charge in [-0.25, -0.2) is 4.79 Å². The van der Waals surface area contributed by atoms with Crippen molar-refractivity contribution in [2.24, 2.45) is 0 Å². The van der Waals surface area contributed by atoms with E-state index in [1.165, 1.54) is 0 Å². The van der Waals surface area contributed by atoms with Crippen molar-refractivity contribution in [3.63, 3.8) is 0 Å². The van der Waals surface area contributed by atoms with Crippen LogP contribution in [-0.2, 0) is 14.3 Å². The number of alkyl carbamates (subject to hydrolysis) is 1. The van der Waals surface area contributed by atoms with E-state index in [0.717, 1.165) is 0 Å². The minimum Gasteiger partial charge on any atom is -0.444 e. The molecule has 1 rings (SSSR count). The Morgan fingerprint density at radius 2 is 2.12 bits per heavy atom. The van der Waals surface area contributed by atoms with Crippen molar-refractivity contribution < 1.29 is 19.1 Å². The molecule has 0 saturated carbocycles. The molecule has 1 saturated heterocycles. The Morgan fingerprint density at radius 3 is 2.65 bits per heavy atom. The number of carbonyl (C=O) groups is 2. The number of ether oxygens (including phenoxy) is 2. The van der Waals surface area contributed by atoms with E-state index in [9.17, 15) is 9.59 Å². The fourth-order valence-electron chi connectivity index (χ4n) is 1.35. The van der Waals surface area contributed by atoms with Crippen molar-refractivity contribution in [2.75, 3.05) is 26.4 Å². The van der Waals surface area contributed by atoms with Crippen LogP contribution in [0.1, 0.15) is 27.2 Å². The molecule has 1 aliphatic rings. The van der Waals surface area contributed by atoms with Crippen LogP contribution in [0.25, 0.3) is 0 Å². The van der Waals surface area contributed by atoms with E-state index in [-0.39, 0.29) is 18.9 Å². The fourth-order valence-corrected chi connectivity index (χ4v) is 1.35. The Morgan fingerprint density at radius 1 is 1.41 bits per heavy atom. The van der Waals surface area contributed by atoms with E-state index in [1.54, 1.807) is 25.7 Å². The molecule has 0 radical (unpaired) electrons. The van der Waals surface area contributed by atoms with Crippen molar-refractivity contribution in [3.05, 3.63) is 0 Å². The molecule has 0 aliphatic carbocycles. The fraction of sp³-hybridized carbons (Fsp3) is 0.818. The van der Waals surface area contributed by atoms with Crippen LogP contribution in [0.3, 0.4) is 0 Å². The Kier molecular flexibility index (Phi) is 4.74. The lowest BCUT2D eigenvalue weighted by atomic mass is 10.2. The molecule has 1 fully saturated rings. The molecule has 1 aliphatic heterocycles. The molecule has 17 heavy (non-hydrogen) atoms. The highest BCUT2D eigenvalue weighted by atomic mass is 16.6. The molecule has 0 unspecified atom stereocenters. The van der Waals surface area contributed by atoms with Crippen LogP contribution in [0.5, 0.6) is 0 Å². The van der Waals surface area contributed by atoms with E-state index in [0.29, 0.717) is 19.9 Å². The van der Waals surface area contributed by atoms with Crippen LogP contribution in [0.15, 0.2) is 0 Å². The summed E-state index contributed by atoms with van der Waals surface area (Å²) >= 11 is 0. The third-order valence-corrected chi connectivity index (χ3v) is 2.11. The maximum atomic E-state index is 11.6. The molecule has 0 aromatic carbocycles. The number of amides is 2. The van der Waals surface area contributed by atoms with Gasteiger partial charge in [0.05, 0.1) is 6.61 Å². The van der Waals surface area contributed by atoms with Crippen LogP contribution < -0.4 is 5.32 Å². The van der Waals surface area contributed by atoms with E-state index in [4.69, 9.17) is 9.47 Å². The minimum atomic E-state index is -0.517. The van der Waals surface area contributed by atoms with Gasteiger partial charge in [-0.05, 0) is 20.8 Å². The number of nitrogens with one attached hydrogen (secondary N) is 1. The quantitative estimate of drug-likeness (QED) is 0.794. The number of hydrogen-bond acceptors (Lipinski definition) is 4. The molecule has 6 nitrogen and oxygen atoms in total. The van der Waals surface area contributed by atoms with Gasteiger partial charge in [-0.3, -0.25) is 4.79 Å². The van der Waals surface area contributed by atoms with E-state index >= 15 is 0 Å². The van der Waals surface area contributed by atoms with E-state index in [1.807, 2.05) is 0 Å². The van der Waals surface area contributed by atoms with Crippen molar-refractivity contribution in [1.82, 2.24) is 10.2 Å². The topological polar surface area (TPSA) is 67.9 Å². The predicted molar refractivity (Wildman–Crippen MR) is 61.4 cm³/mol. The molecule has 0 spiro atoms. The average molecular weight is 244 g/mol. The van der Waals surface area contributed by atoms with Gasteiger partial charge in [0.25, 0.3) is 0 Å². The second kappa shape index (κ2) is 5.86. The zero-order chi connectivity index (χ0) is 12.9. The smallest absolute Gasteiger partial charge is 0.407 e. The Balaban J connectivity index is 2.14. The standard InChI is InChI=1S/C11H20N2O4/c1-11(2,3)17-10(15)12-5-4-9(14)13-6-7-16-8-13/h4-8H2,1-3H3,(H,12,15). The summed E-state index contributed by atoms with van der Waals surface area (Å²) < 4.78 is 10.1. The highest BCUT2D eigenvalue weighted by molar-refractivity contribution is 5.77. The average Bonchev–Trinajstić information content (AvgIpc) is 2.66. The summed E-state index contributed by atoms with van der Waals surface area (Å²) in [5.41, 5.74) is -0.517. The highest BCUT2D eigenvalue weighted by Crippen LogP contribution is 2.06. The monoisotopic (exact) mass is 244 g/mol. The lowest BCUT2D eigenvalue weighted by Gasteiger charge is -2.20. The molecule has 98 valence electrons. The van der Waals surface area contributed by atoms with Gasteiger partial charge < -0.3 is 19.7 Å². The summed E-state index contributed by atoms with van der Waals surface area (Å²) in [5, 5.41) is 2.54. The van der Waals surface area contributed by atoms with Gasteiger partial charge in [-0.2, -0.15) is 0 Å². The summed E-state index contributed by atoms with van der Waals surface area (Å²) in [6.45, 7) is 7.23. The normalized spacial score (nSPS) is 15.8. The predicted octanol–water partition coefficient (Wildman–Crippen LogP) is 0.717. The summed E-state index contributed by atoms with van der Waals surface area (Å²) in [4.78, 5) is 24.5. The van der Waals surface area contributed by atoms with E-state index < -0.39 is 11.7 Å². The number of nitrogens with zero attached hydrogens (tertiary/aromatic N) is 1. The molecule has 0 bridgehead atoms. The summed E-state index contributed by atoms with van der Waals surface area (Å²) in [7, 11) is 0. The largest absolute Gasteiger partial charge is 0.444 e. The second-order valence-electron chi connectivity index (χ2n) is 4.87.